The lowest BCUT2D eigenvalue weighted by molar-refractivity contribution is 0.281. The molecule has 1 unspecified atom stereocenters. The Hall–Kier alpha value is -0.910. The van der Waals surface area contributed by atoms with Crippen molar-refractivity contribution in [1.29, 1.82) is 0 Å². The van der Waals surface area contributed by atoms with E-state index in [9.17, 15) is 8.42 Å². The Kier molecular flexibility index (Phi) is 3.51. The van der Waals surface area contributed by atoms with Gasteiger partial charge in [0, 0.05) is 12.6 Å². The predicted molar refractivity (Wildman–Crippen MR) is 65.0 cm³/mol. The Balaban J connectivity index is 2.31. The summed E-state index contributed by atoms with van der Waals surface area (Å²) >= 11 is 0. The summed E-state index contributed by atoms with van der Waals surface area (Å²) in [5.41, 5.74) is 0.721. The fraction of sp³-hybridized carbons (Fsp3) is 0.500. The van der Waals surface area contributed by atoms with Gasteiger partial charge in [0.1, 0.15) is 0 Å². The lowest BCUT2D eigenvalue weighted by Crippen LogP contribution is -2.33. The quantitative estimate of drug-likeness (QED) is 0.887. The molecule has 0 aromatic heterocycles. The summed E-state index contributed by atoms with van der Waals surface area (Å²) < 4.78 is 26.2. The summed E-state index contributed by atoms with van der Waals surface area (Å²) in [4.78, 5) is 0.309. The normalized spacial score (nSPS) is 21.9. The average molecular weight is 255 g/mol. The summed E-state index contributed by atoms with van der Waals surface area (Å²) in [7, 11) is -3.36. The van der Waals surface area contributed by atoms with Gasteiger partial charge in [-0.15, -0.1) is 0 Å². The van der Waals surface area contributed by atoms with Crippen LogP contribution in [0.1, 0.15) is 25.3 Å². The van der Waals surface area contributed by atoms with Crippen LogP contribution in [0.2, 0.25) is 0 Å². The topological polar surface area (TPSA) is 57.6 Å². The minimum absolute atomic E-state index is 0.0690. The molecule has 1 aromatic rings. The molecule has 1 aromatic carbocycles. The zero-order valence-corrected chi connectivity index (χ0v) is 10.7. The molecule has 2 rings (SSSR count). The van der Waals surface area contributed by atoms with Crippen molar-refractivity contribution in [3.05, 3.63) is 29.8 Å². The second kappa shape index (κ2) is 4.76. The molecule has 0 radical (unpaired) electrons. The Labute approximate surface area is 102 Å². The molecular weight excluding hydrogens is 238 g/mol. The van der Waals surface area contributed by atoms with Gasteiger partial charge in [0.15, 0.2) is 0 Å². The van der Waals surface area contributed by atoms with Gasteiger partial charge in [-0.2, -0.15) is 4.31 Å². The van der Waals surface area contributed by atoms with Crippen LogP contribution in [0.15, 0.2) is 29.2 Å². The molecule has 1 fully saturated rings. The molecule has 17 heavy (non-hydrogen) atoms. The molecule has 1 aliphatic heterocycles. The molecule has 4 nitrogen and oxygen atoms in total. The van der Waals surface area contributed by atoms with Crippen molar-refractivity contribution in [2.45, 2.75) is 37.3 Å². The zero-order valence-electron chi connectivity index (χ0n) is 9.83. The minimum atomic E-state index is -3.36. The number of hydrogen-bond donors (Lipinski definition) is 1. The largest absolute Gasteiger partial charge is 0.392 e. The van der Waals surface area contributed by atoms with Crippen molar-refractivity contribution in [2.75, 3.05) is 6.54 Å². The molecule has 5 heteroatoms. The van der Waals surface area contributed by atoms with Crippen molar-refractivity contribution >= 4 is 10.0 Å². The van der Waals surface area contributed by atoms with Gasteiger partial charge < -0.3 is 5.11 Å². The maximum Gasteiger partial charge on any atom is 0.243 e. The number of sulfonamides is 1. The maximum atomic E-state index is 12.3. The third-order valence-electron chi connectivity index (χ3n) is 3.20. The Morgan fingerprint density at radius 2 is 2.00 bits per heavy atom. The first-order chi connectivity index (χ1) is 8.05. The van der Waals surface area contributed by atoms with E-state index in [0.717, 1.165) is 18.4 Å². The van der Waals surface area contributed by atoms with Crippen LogP contribution in [0.4, 0.5) is 0 Å². The van der Waals surface area contributed by atoms with Gasteiger partial charge in [-0.1, -0.05) is 12.1 Å². The second-order valence-electron chi connectivity index (χ2n) is 4.41. The van der Waals surface area contributed by atoms with Gasteiger partial charge in [0.25, 0.3) is 0 Å². The van der Waals surface area contributed by atoms with E-state index in [2.05, 4.69) is 0 Å². The highest BCUT2D eigenvalue weighted by Crippen LogP contribution is 2.25. The van der Waals surface area contributed by atoms with E-state index in [1.165, 1.54) is 0 Å². The molecule has 0 saturated carbocycles. The number of aliphatic hydroxyl groups excluding tert-OH is 1. The van der Waals surface area contributed by atoms with E-state index in [1.807, 2.05) is 6.92 Å². The number of benzene rings is 1. The van der Waals surface area contributed by atoms with Gasteiger partial charge in [-0.3, -0.25) is 0 Å². The van der Waals surface area contributed by atoms with Gasteiger partial charge in [0.2, 0.25) is 10.0 Å². The zero-order chi connectivity index (χ0) is 12.5. The van der Waals surface area contributed by atoms with Crippen molar-refractivity contribution in [1.82, 2.24) is 4.31 Å². The fourth-order valence-corrected chi connectivity index (χ4v) is 3.87. The Bertz CT molecular complexity index is 481. The predicted octanol–water partition coefficient (Wildman–Crippen LogP) is 1.35. The van der Waals surface area contributed by atoms with Crippen LogP contribution in [-0.4, -0.2) is 30.4 Å². The van der Waals surface area contributed by atoms with Crippen LogP contribution in [0.25, 0.3) is 0 Å². The third kappa shape index (κ3) is 2.36. The summed E-state index contributed by atoms with van der Waals surface area (Å²) in [6.45, 7) is 2.47. The highest BCUT2D eigenvalue weighted by atomic mass is 32.2. The lowest BCUT2D eigenvalue weighted by Gasteiger charge is -2.20. The smallest absolute Gasteiger partial charge is 0.243 e. The Morgan fingerprint density at radius 3 is 2.47 bits per heavy atom. The summed E-state index contributed by atoms with van der Waals surface area (Å²) in [6, 6.07) is 6.50. The van der Waals surface area contributed by atoms with Crippen LogP contribution in [0.5, 0.6) is 0 Å². The molecule has 1 aliphatic rings. The van der Waals surface area contributed by atoms with E-state index in [-0.39, 0.29) is 12.6 Å². The molecular formula is C12H17NO3S. The molecule has 1 heterocycles. The second-order valence-corrected chi connectivity index (χ2v) is 6.30. The monoisotopic (exact) mass is 255 g/mol. The van der Waals surface area contributed by atoms with Crippen LogP contribution in [0.3, 0.4) is 0 Å². The SMILES string of the molecule is CC1CCCN1S(=O)(=O)c1ccc(CO)cc1. The molecule has 0 amide bonds. The molecule has 1 saturated heterocycles. The molecule has 0 bridgehead atoms. The van der Waals surface area contributed by atoms with E-state index >= 15 is 0 Å². The molecule has 0 spiro atoms. The first-order valence-electron chi connectivity index (χ1n) is 5.77. The van der Waals surface area contributed by atoms with Gasteiger partial charge >= 0.3 is 0 Å². The molecule has 1 atom stereocenters. The number of hydrogen-bond acceptors (Lipinski definition) is 3. The Morgan fingerprint density at radius 1 is 1.35 bits per heavy atom. The first kappa shape index (κ1) is 12.5. The summed E-state index contributed by atoms with van der Waals surface area (Å²) in [5, 5.41) is 8.93. The van der Waals surface area contributed by atoms with Crippen LogP contribution in [0, 0.1) is 0 Å². The van der Waals surface area contributed by atoms with E-state index < -0.39 is 10.0 Å². The number of rotatable bonds is 3. The third-order valence-corrected chi connectivity index (χ3v) is 5.23. The van der Waals surface area contributed by atoms with E-state index in [0.29, 0.717) is 11.4 Å². The number of nitrogens with zero attached hydrogens (tertiary/aromatic N) is 1. The first-order valence-corrected chi connectivity index (χ1v) is 7.21. The van der Waals surface area contributed by atoms with Crippen LogP contribution in [-0.2, 0) is 16.6 Å². The molecule has 94 valence electrons. The number of aliphatic hydroxyl groups is 1. The average Bonchev–Trinajstić information content (AvgIpc) is 2.76. The highest BCUT2D eigenvalue weighted by Gasteiger charge is 2.32. The highest BCUT2D eigenvalue weighted by molar-refractivity contribution is 7.89. The van der Waals surface area contributed by atoms with Crippen molar-refractivity contribution in [3.63, 3.8) is 0 Å². The lowest BCUT2D eigenvalue weighted by atomic mass is 10.2. The van der Waals surface area contributed by atoms with Crippen LogP contribution < -0.4 is 0 Å². The van der Waals surface area contributed by atoms with E-state index in [1.54, 1.807) is 28.6 Å². The van der Waals surface area contributed by atoms with E-state index in [4.69, 9.17) is 5.11 Å². The standard InChI is InChI=1S/C12H17NO3S/c1-10-3-2-8-13(10)17(15,16)12-6-4-11(9-14)5-7-12/h4-7,10,14H,2-3,8-9H2,1H3. The van der Waals surface area contributed by atoms with Gasteiger partial charge in [-0.25, -0.2) is 8.42 Å². The van der Waals surface area contributed by atoms with Crippen LogP contribution >= 0.6 is 0 Å². The maximum absolute atomic E-state index is 12.3. The van der Waals surface area contributed by atoms with Gasteiger partial charge in [-0.05, 0) is 37.5 Å². The fourth-order valence-electron chi connectivity index (χ4n) is 2.17. The summed E-state index contributed by atoms with van der Waals surface area (Å²) in [6.07, 6.45) is 1.85. The van der Waals surface area contributed by atoms with Crippen molar-refractivity contribution in [3.8, 4) is 0 Å². The molecule has 1 N–H and O–H groups in total. The van der Waals surface area contributed by atoms with Crippen molar-refractivity contribution in [2.24, 2.45) is 0 Å². The van der Waals surface area contributed by atoms with Gasteiger partial charge in [0.05, 0.1) is 11.5 Å². The van der Waals surface area contributed by atoms with Crippen molar-refractivity contribution < 1.29 is 13.5 Å². The summed E-state index contributed by atoms with van der Waals surface area (Å²) in [5.74, 6) is 0. The minimum Gasteiger partial charge on any atom is -0.392 e. The molecule has 0 aliphatic carbocycles.